The number of phenolic OH excluding ortho intramolecular Hbond substituents is 1. The van der Waals surface area contributed by atoms with Crippen LogP contribution in [0.15, 0.2) is 60.9 Å². The Morgan fingerprint density at radius 1 is 1.05 bits per heavy atom. The Labute approximate surface area is 116 Å². The topological polar surface area (TPSA) is 38.1 Å². The van der Waals surface area contributed by atoms with E-state index in [4.69, 9.17) is 0 Å². The molecule has 20 heavy (non-hydrogen) atoms. The number of hydrogen-bond donors (Lipinski definition) is 1. The fourth-order valence-corrected chi connectivity index (χ4v) is 2.12. The van der Waals surface area contributed by atoms with Crippen molar-refractivity contribution in [3.8, 4) is 17.1 Å². The van der Waals surface area contributed by atoms with Gasteiger partial charge in [-0.05, 0) is 30.3 Å². The van der Waals surface area contributed by atoms with Crippen molar-refractivity contribution in [1.29, 1.82) is 0 Å². The van der Waals surface area contributed by atoms with Gasteiger partial charge in [0.05, 0.1) is 6.54 Å². The lowest BCUT2D eigenvalue weighted by molar-refractivity contribution is 0.475. The van der Waals surface area contributed by atoms with Crippen LogP contribution in [0.4, 0.5) is 4.39 Å². The summed E-state index contributed by atoms with van der Waals surface area (Å²) in [7, 11) is 0. The molecule has 3 nitrogen and oxygen atoms in total. The SMILES string of the molecule is Oc1ccc(-c2nccn2Cc2ccccc2F)cc1. The van der Waals surface area contributed by atoms with Gasteiger partial charge in [-0.3, -0.25) is 0 Å². The highest BCUT2D eigenvalue weighted by atomic mass is 19.1. The zero-order valence-electron chi connectivity index (χ0n) is 10.7. The van der Waals surface area contributed by atoms with Crippen LogP contribution in [0.5, 0.6) is 5.75 Å². The quantitative estimate of drug-likeness (QED) is 0.790. The van der Waals surface area contributed by atoms with E-state index >= 15 is 0 Å². The Morgan fingerprint density at radius 2 is 1.80 bits per heavy atom. The summed E-state index contributed by atoms with van der Waals surface area (Å²) in [5.41, 5.74) is 1.50. The van der Waals surface area contributed by atoms with E-state index in [1.165, 1.54) is 6.07 Å². The van der Waals surface area contributed by atoms with E-state index in [0.717, 1.165) is 11.4 Å². The summed E-state index contributed by atoms with van der Waals surface area (Å²) in [6, 6.07) is 13.5. The van der Waals surface area contributed by atoms with Gasteiger partial charge in [0.25, 0.3) is 0 Å². The second kappa shape index (κ2) is 5.17. The minimum absolute atomic E-state index is 0.209. The second-order valence-corrected chi connectivity index (χ2v) is 4.52. The third-order valence-electron chi connectivity index (χ3n) is 3.14. The van der Waals surface area contributed by atoms with Crippen molar-refractivity contribution in [3.05, 3.63) is 72.3 Å². The third kappa shape index (κ3) is 2.40. The smallest absolute Gasteiger partial charge is 0.140 e. The summed E-state index contributed by atoms with van der Waals surface area (Å²) >= 11 is 0. The van der Waals surface area contributed by atoms with Crippen LogP contribution in [0.25, 0.3) is 11.4 Å². The Hall–Kier alpha value is -2.62. The molecule has 0 fully saturated rings. The van der Waals surface area contributed by atoms with Gasteiger partial charge in [0.15, 0.2) is 0 Å². The van der Waals surface area contributed by atoms with Crippen LogP contribution >= 0.6 is 0 Å². The van der Waals surface area contributed by atoms with Gasteiger partial charge in [0, 0.05) is 23.5 Å². The van der Waals surface area contributed by atoms with E-state index in [1.54, 1.807) is 42.6 Å². The molecule has 0 aliphatic rings. The monoisotopic (exact) mass is 268 g/mol. The molecule has 0 spiro atoms. The molecule has 1 N–H and O–H groups in total. The first-order valence-corrected chi connectivity index (χ1v) is 6.28. The minimum Gasteiger partial charge on any atom is -0.508 e. The van der Waals surface area contributed by atoms with Crippen molar-refractivity contribution in [2.24, 2.45) is 0 Å². The molecule has 2 aromatic carbocycles. The summed E-state index contributed by atoms with van der Waals surface area (Å²) in [4.78, 5) is 4.30. The van der Waals surface area contributed by atoms with E-state index in [1.807, 2.05) is 16.8 Å². The van der Waals surface area contributed by atoms with Gasteiger partial charge in [0.2, 0.25) is 0 Å². The van der Waals surface area contributed by atoms with Crippen LogP contribution in [-0.4, -0.2) is 14.7 Å². The van der Waals surface area contributed by atoms with Gasteiger partial charge in [0.1, 0.15) is 17.4 Å². The predicted molar refractivity (Wildman–Crippen MR) is 74.8 cm³/mol. The molecular weight excluding hydrogens is 255 g/mol. The predicted octanol–water partition coefficient (Wildman–Crippen LogP) is 3.44. The van der Waals surface area contributed by atoms with Crippen molar-refractivity contribution >= 4 is 0 Å². The Morgan fingerprint density at radius 3 is 2.55 bits per heavy atom. The molecule has 0 atom stereocenters. The van der Waals surface area contributed by atoms with Crippen LogP contribution in [0, 0.1) is 5.82 Å². The van der Waals surface area contributed by atoms with Crippen molar-refractivity contribution in [2.45, 2.75) is 6.54 Å². The first-order chi connectivity index (χ1) is 9.74. The molecule has 0 radical (unpaired) electrons. The molecule has 4 heteroatoms. The average molecular weight is 268 g/mol. The lowest BCUT2D eigenvalue weighted by atomic mass is 10.2. The second-order valence-electron chi connectivity index (χ2n) is 4.52. The highest BCUT2D eigenvalue weighted by Crippen LogP contribution is 2.21. The number of hydrogen-bond acceptors (Lipinski definition) is 2. The van der Waals surface area contributed by atoms with Gasteiger partial charge in [-0.25, -0.2) is 9.37 Å². The number of nitrogens with zero attached hydrogens (tertiary/aromatic N) is 2. The third-order valence-corrected chi connectivity index (χ3v) is 3.14. The molecule has 0 unspecified atom stereocenters. The molecule has 3 rings (SSSR count). The van der Waals surface area contributed by atoms with Crippen LogP contribution in [0.3, 0.4) is 0 Å². The number of rotatable bonds is 3. The summed E-state index contributed by atoms with van der Waals surface area (Å²) in [6.45, 7) is 0.420. The van der Waals surface area contributed by atoms with Crippen molar-refractivity contribution in [1.82, 2.24) is 9.55 Å². The lowest BCUT2D eigenvalue weighted by Crippen LogP contribution is -2.02. The Balaban J connectivity index is 1.95. The normalized spacial score (nSPS) is 10.7. The van der Waals surface area contributed by atoms with Crippen LogP contribution in [0.1, 0.15) is 5.56 Å². The number of halogens is 1. The standard InChI is InChI=1S/C16H13FN2O/c17-15-4-2-1-3-13(15)11-19-10-9-18-16(19)12-5-7-14(20)8-6-12/h1-10,20H,11H2. The zero-order chi connectivity index (χ0) is 13.9. The molecule has 1 heterocycles. The first kappa shape index (κ1) is 12.4. The summed E-state index contributed by atoms with van der Waals surface area (Å²) in [5.74, 6) is 0.729. The molecule has 3 aromatic rings. The number of benzene rings is 2. The van der Waals surface area contributed by atoms with E-state index in [0.29, 0.717) is 12.1 Å². The van der Waals surface area contributed by atoms with Gasteiger partial charge < -0.3 is 9.67 Å². The van der Waals surface area contributed by atoms with Gasteiger partial charge in [-0.15, -0.1) is 0 Å². The molecule has 0 saturated heterocycles. The molecular formula is C16H13FN2O. The van der Waals surface area contributed by atoms with Crippen LogP contribution in [-0.2, 0) is 6.54 Å². The molecule has 0 bridgehead atoms. The number of aromatic hydroxyl groups is 1. The van der Waals surface area contributed by atoms with E-state index < -0.39 is 0 Å². The Bertz CT molecular complexity index is 719. The zero-order valence-corrected chi connectivity index (χ0v) is 10.7. The molecule has 0 saturated carbocycles. The maximum Gasteiger partial charge on any atom is 0.140 e. The fourth-order valence-electron chi connectivity index (χ4n) is 2.12. The first-order valence-electron chi connectivity index (χ1n) is 6.28. The van der Waals surface area contributed by atoms with Crippen LogP contribution < -0.4 is 0 Å². The maximum absolute atomic E-state index is 13.7. The molecule has 100 valence electrons. The summed E-state index contributed by atoms with van der Waals surface area (Å²) in [6.07, 6.45) is 3.50. The van der Waals surface area contributed by atoms with Gasteiger partial charge in [-0.2, -0.15) is 0 Å². The van der Waals surface area contributed by atoms with Crippen LogP contribution in [0.2, 0.25) is 0 Å². The molecule has 0 amide bonds. The fraction of sp³-hybridized carbons (Fsp3) is 0.0625. The van der Waals surface area contributed by atoms with E-state index in [-0.39, 0.29) is 11.6 Å². The van der Waals surface area contributed by atoms with Crippen molar-refractivity contribution in [2.75, 3.05) is 0 Å². The highest BCUT2D eigenvalue weighted by molar-refractivity contribution is 5.56. The number of imidazole rings is 1. The molecule has 0 aliphatic carbocycles. The highest BCUT2D eigenvalue weighted by Gasteiger charge is 2.08. The largest absolute Gasteiger partial charge is 0.508 e. The van der Waals surface area contributed by atoms with Gasteiger partial charge in [-0.1, -0.05) is 18.2 Å². The summed E-state index contributed by atoms with van der Waals surface area (Å²) in [5, 5.41) is 9.32. The van der Waals surface area contributed by atoms with E-state index in [9.17, 15) is 9.50 Å². The minimum atomic E-state index is -0.224. The average Bonchev–Trinajstić information content (AvgIpc) is 2.90. The lowest BCUT2D eigenvalue weighted by Gasteiger charge is -2.09. The molecule has 0 aliphatic heterocycles. The number of phenols is 1. The van der Waals surface area contributed by atoms with Crippen molar-refractivity contribution < 1.29 is 9.50 Å². The number of aromatic nitrogens is 2. The van der Waals surface area contributed by atoms with Crippen molar-refractivity contribution in [3.63, 3.8) is 0 Å². The maximum atomic E-state index is 13.7. The Kier molecular flexibility index (Phi) is 3.21. The van der Waals surface area contributed by atoms with Gasteiger partial charge >= 0.3 is 0 Å². The molecule has 1 aromatic heterocycles. The van der Waals surface area contributed by atoms with E-state index in [2.05, 4.69) is 4.98 Å². The summed E-state index contributed by atoms with van der Waals surface area (Å²) < 4.78 is 15.6.